The third kappa shape index (κ3) is 11.7. The van der Waals surface area contributed by atoms with Crippen molar-refractivity contribution in [1.82, 2.24) is 19.1 Å². The number of nitrogens with one attached hydrogen (secondary N) is 2. The van der Waals surface area contributed by atoms with E-state index in [0.29, 0.717) is 35.2 Å². The van der Waals surface area contributed by atoms with E-state index in [9.17, 15) is 28.5 Å². The van der Waals surface area contributed by atoms with Crippen LogP contribution < -0.4 is 27.0 Å². The van der Waals surface area contributed by atoms with Crippen molar-refractivity contribution in [2.75, 3.05) is 19.0 Å². The molecule has 2 aromatic heterocycles. The Morgan fingerprint density at radius 2 is 1.60 bits per heavy atom. The lowest BCUT2D eigenvalue weighted by Crippen LogP contribution is -2.36. The third-order valence-electron chi connectivity index (χ3n) is 8.85. The number of aromatic nitrogens is 4. The highest BCUT2D eigenvalue weighted by Crippen LogP contribution is 2.50. The SMILES string of the molecule is CCc1c(Cc2cc(C)cc(C)c2)n(COCc2ccc(O[P@](=O)(OCCSC(=O)C(C)(C)C)OC[C@@H]3C=C[C@H](n4cc(C)c(=O)[nH]c4=O)O3)cc2)c(=O)[nH]c1=O. The van der Waals surface area contributed by atoms with Gasteiger partial charge in [-0.25, -0.2) is 14.2 Å². The van der Waals surface area contributed by atoms with Gasteiger partial charge in [0.15, 0.2) is 11.3 Å². The predicted molar refractivity (Wildman–Crippen MR) is 217 cm³/mol. The summed E-state index contributed by atoms with van der Waals surface area (Å²) in [6.45, 7) is 12.4. The Morgan fingerprint density at radius 3 is 2.26 bits per heavy atom. The number of H-pyrrole nitrogens is 2. The number of carbonyl (C=O) groups is 1. The first-order valence-corrected chi connectivity index (χ1v) is 20.9. The maximum absolute atomic E-state index is 14.0. The summed E-state index contributed by atoms with van der Waals surface area (Å²) in [5.74, 6) is 0.362. The van der Waals surface area contributed by atoms with Crippen molar-refractivity contribution in [3.05, 3.63) is 142 Å². The number of phosphoric ester groups is 1. The molecule has 0 saturated heterocycles. The number of phosphoric acid groups is 1. The molecule has 0 radical (unpaired) electrons. The molecule has 0 aliphatic carbocycles. The van der Waals surface area contributed by atoms with Crippen LogP contribution in [0.5, 0.6) is 5.75 Å². The van der Waals surface area contributed by atoms with Crippen molar-refractivity contribution in [2.24, 2.45) is 5.41 Å². The fourth-order valence-corrected chi connectivity index (χ4v) is 8.14. The summed E-state index contributed by atoms with van der Waals surface area (Å²) >= 11 is 1.05. The molecule has 1 aliphatic heterocycles. The fraction of sp³-hybridized carbons (Fsp3) is 0.425. The van der Waals surface area contributed by atoms with Crippen molar-refractivity contribution in [3.8, 4) is 5.75 Å². The standard InChI is InChI=1S/C40H49N4O11PS/c1-8-32-33(20-29-18-25(2)17-26(3)19-29)44(39(49)42-36(32)46)24-51-22-28-9-11-30(12-10-28)55-56(50,52-15-16-57-37(47)40(5,6)7)53-23-31-13-14-34(54-31)43-21-27(4)35(45)41-38(43)48/h9-14,17-19,21,31,34H,8,15-16,20,22-24H2,1-7H3,(H,41,45,48)(H,42,46,49)/t31-,34+,56+/m0/s1. The second-order valence-corrected chi connectivity index (χ2v) is 17.4. The Kier molecular flexibility index (Phi) is 14.4. The van der Waals surface area contributed by atoms with Crippen LogP contribution in [0.15, 0.2) is 80.0 Å². The molecule has 3 atom stereocenters. The van der Waals surface area contributed by atoms with Gasteiger partial charge in [-0.1, -0.05) is 87.0 Å². The van der Waals surface area contributed by atoms with Crippen LogP contribution in [0, 0.1) is 26.2 Å². The van der Waals surface area contributed by atoms with Crippen molar-refractivity contribution < 1.29 is 32.4 Å². The van der Waals surface area contributed by atoms with Gasteiger partial charge in [-0.15, -0.1) is 0 Å². The molecule has 2 N–H and O–H groups in total. The van der Waals surface area contributed by atoms with Crippen LogP contribution in [-0.4, -0.2) is 49.3 Å². The van der Waals surface area contributed by atoms with E-state index in [-0.39, 0.29) is 43.2 Å². The normalized spacial score (nSPS) is 16.5. The lowest BCUT2D eigenvalue weighted by Gasteiger charge is -2.21. The quantitative estimate of drug-likeness (QED) is 0.0761. The lowest BCUT2D eigenvalue weighted by molar-refractivity contribution is -0.117. The van der Waals surface area contributed by atoms with Crippen LogP contribution in [0.25, 0.3) is 0 Å². The number of hydrogen-bond donors (Lipinski definition) is 2. The molecular weight excluding hydrogens is 775 g/mol. The van der Waals surface area contributed by atoms with Gasteiger partial charge in [0.2, 0.25) is 0 Å². The summed E-state index contributed by atoms with van der Waals surface area (Å²) in [6, 6.07) is 12.6. The molecule has 306 valence electrons. The average Bonchev–Trinajstić information content (AvgIpc) is 3.61. The largest absolute Gasteiger partial charge is 0.530 e. The summed E-state index contributed by atoms with van der Waals surface area (Å²) in [4.78, 5) is 67.0. The van der Waals surface area contributed by atoms with Gasteiger partial charge in [0, 0.05) is 40.6 Å². The number of thioether (sulfide) groups is 1. The number of benzene rings is 2. The van der Waals surface area contributed by atoms with Gasteiger partial charge >= 0.3 is 19.2 Å². The summed E-state index contributed by atoms with van der Waals surface area (Å²) in [6.07, 6.45) is 3.87. The molecule has 0 saturated carbocycles. The Bertz CT molecular complexity index is 2370. The zero-order valence-electron chi connectivity index (χ0n) is 33.1. The summed E-state index contributed by atoms with van der Waals surface area (Å²) in [7, 11) is -4.30. The topological polar surface area (TPSA) is 190 Å². The molecule has 1 aliphatic rings. The number of aryl methyl sites for hydroxylation is 3. The van der Waals surface area contributed by atoms with Gasteiger partial charge in [0.25, 0.3) is 11.1 Å². The zero-order valence-corrected chi connectivity index (χ0v) is 34.8. The number of rotatable bonds is 17. The molecule has 57 heavy (non-hydrogen) atoms. The Labute approximate surface area is 334 Å². The van der Waals surface area contributed by atoms with Crippen LogP contribution in [0.2, 0.25) is 0 Å². The van der Waals surface area contributed by atoms with Gasteiger partial charge in [0.1, 0.15) is 18.6 Å². The van der Waals surface area contributed by atoms with Crippen molar-refractivity contribution in [2.45, 2.75) is 87.0 Å². The van der Waals surface area contributed by atoms with E-state index in [2.05, 4.69) is 16.0 Å². The molecule has 0 fully saturated rings. The summed E-state index contributed by atoms with van der Waals surface area (Å²) < 4.78 is 45.6. The van der Waals surface area contributed by atoms with E-state index in [1.807, 2.05) is 32.9 Å². The highest BCUT2D eigenvalue weighted by atomic mass is 32.2. The number of ether oxygens (including phenoxy) is 2. The minimum Gasteiger partial charge on any atom is -0.404 e. The maximum Gasteiger partial charge on any atom is 0.530 e. The molecule has 5 rings (SSSR count). The van der Waals surface area contributed by atoms with E-state index in [1.54, 1.807) is 64.1 Å². The van der Waals surface area contributed by atoms with Crippen molar-refractivity contribution in [3.63, 3.8) is 0 Å². The molecule has 0 amide bonds. The smallest absolute Gasteiger partial charge is 0.404 e. The Morgan fingerprint density at radius 1 is 0.912 bits per heavy atom. The number of nitrogens with zero attached hydrogens (tertiary/aromatic N) is 2. The van der Waals surface area contributed by atoms with Gasteiger partial charge in [-0.05, 0) is 56.5 Å². The van der Waals surface area contributed by atoms with E-state index < -0.39 is 48.1 Å². The number of aromatic amines is 2. The highest BCUT2D eigenvalue weighted by Gasteiger charge is 2.33. The van der Waals surface area contributed by atoms with Gasteiger partial charge < -0.3 is 14.0 Å². The van der Waals surface area contributed by atoms with E-state index >= 15 is 0 Å². The molecule has 0 spiro atoms. The molecule has 2 aromatic carbocycles. The van der Waals surface area contributed by atoms with Crippen molar-refractivity contribution >= 4 is 24.7 Å². The first-order chi connectivity index (χ1) is 26.9. The minimum atomic E-state index is -4.30. The maximum atomic E-state index is 14.0. The Hall–Kier alpha value is -4.57. The van der Waals surface area contributed by atoms with Crippen LogP contribution >= 0.6 is 19.6 Å². The molecule has 3 heterocycles. The third-order valence-corrected chi connectivity index (χ3v) is 11.5. The number of carbonyl (C=O) groups excluding carboxylic acids is 1. The molecule has 0 bridgehead atoms. The molecule has 0 unspecified atom stereocenters. The van der Waals surface area contributed by atoms with Crippen molar-refractivity contribution in [1.29, 1.82) is 0 Å². The van der Waals surface area contributed by atoms with Gasteiger partial charge in [-0.3, -0.25) is 42.5 Å². The van der Waals surface area contributed by atoms with Crippen LogP contribution in [0.3, 0.4) is 0 Å². The minimum absolute atomic E-state index is 0.0577. The first kappa shape index (κ1) is 43.6. The van der Waals surface area contributed by atoms with Crippen LogP contribution in [0.1, 0.15) is 73.0 Å². The first-order valence-electron chi connectivity index (χ1n) is 18.4. The van der Waals surface area contributed by atoms with E-state index in [4.69, 9.17) is 23.0 Å². The van der Waals surface area contributed by atoms with Crippen LogP contribution in [0.4, 0.5) is 0 Å². The fourth-order valence-electron chi connectivity index (χ4n) is 6.03. The Balaban J connectivity index is 1.24. The summed E-state index contributed by atoms with van der Waals surface area (Å²) in [5, 5.41) is -0.0577. The zero-order chi connectivity index (χ0) is 41.5. The number of hydrogen-bond acceptors (Lipinski definition) is 12. The van der Waals surface area contributed by atoms with E-state index in [0.717, 1.165) is 28.5 Å². The molecular formula is C40H49N4O11PS. The second-order valence-electron chi connectivity index (χ2n) is 14.7. The molecule has 17 heteroatoms. The average molecular weight is 825 g/mol. The predicted octanol–water partition coefficient (Wildman–Crippen LogP) is 5.62. The van der Waals surface area contributed by atoms with Gasteiger partial charge in [-0.2, -0.15) is 0 Å². The molecule has 15 nitrogen and oxygen atoms in total. The lowest BCUT2D eigenvalue weighted by atomic mass is 10.00. The second kappa shape index (κ2) is 18.8. The van der Waals surface area contributed by atoms with Gasteiger partial charge in [0.05, 0.1) is 19.8 Å². The highest BCUT2D eigenvalue weighted by molar-refractivity contribution is 8.13. The van der Waals surface area contributed by atoms with Crippen LogP contribution in [-0.2, 0) is 54.1 Å². The molecule has 4 aromatic rings. The van der Waals surface area contributed by atoms with E-state index in [1.165, 1.54) is 15.3 Å². The summed E-state index contributed by atoms with van der Waals surface area (Å²) in [5.41, 5.74) is 2.59. The monoisotopic (exact) mass is 824 g/mol.